The summed E-state index contributed by atoms with van der Waals surface area (Å²) in [5, 5.41) is 9.60. The van der Waals surface area contributed by atoms with Crippen LogP contribution in [0.4, 0.5) is 0 Å². The van der Waals surface area contributed by atoms with Gasteiger partial charge in [-0.25, -0.2) is 0 Å². The van der Waals surface area contributed by atoms with Gasteiger partial charge in [0.05, 0.1) is 5.60 Å². The van der Waals surface area contributed by atoms with Crippen molar-refractivity contribution in [3.63, 3.8) is 0 Å². The van der Waals surface area contributed by atoms with E-state index in [2.05, 4.69) is 18.5 Å². The van der Waals surface area contributed by atoms with Crippen LogP contribution in [0.1, 0.15) is 41.0 Å². The topological polar surface area (TPSA) is 32.7 Å². The van der Waals surface area contributed by atoms with Gasteiger partial charge >= 0.3 is 0 Å². The van der Waals surface area contributed by atoms with Crippen molar-refractivity contribution in [1.82, 2.24) is 4.67 Å². The molecule has 1 aliphatic heterocycles. The summed E-state index contributed by atoms with van der Waals surface area (Å²) in [6.45, 7) is 11.6. The molecule has 0 spiro atoms. The van der Waals surface area contributed by atoms with Crippen LogP contribution in [0, 0.1) is 0 Å². The molecule has 0 unspecified atom stereocenters. The molecule has 15 heavy (non-hydrogen) atoms. The van der Waals surface area contributed by atoms with E-state index in [-0.39, 0.29) is 5.60 Å². The number of rotatable bonds is 3. The molecule has 5 heteroatoms. The van der Waals surface area contributed by atoms with Gasteiger partial charge in [-0.05, 0) is 32.6 Å². The monoisotopic (exact) mass is 251 g/mol. The van der Waals surface area contributed by atoms with E-state index >= 15 is 0 Å². The maximum Gasteiger partial charge on any atom is 0.163 e. The minimum Gasteiger partial charge on any atom is -0.381 e. The first-order valence-corrected chi connectivity index (χ1v) is 8.14. The number of hydrogen-bond acceptors (Lipinski definition) is 3. The Bertz CT molecular complexity index is 287. The first-order chi connectivity index (χ1) is 6.68. The molecule has 3 nitrogen and oxygen atoms in total. The van der Waals surface area contributed by atoms with E-state index in [0.29, 0.717) is 6.42 Å². The third-order valence-corrected chi connectivity index (χ3v) is 8.37. The Morgan fingerprint density at radius 2 is 1.80 bits per heavy atom. The standard InChI is InChI=1S/C10H22NO2PS/c1-6-11(7-2)14(15)10(5,12)8-9(3,4)13-14/h12H,6-8H2,1-5H3/t10-,14-/m1/s1. The van der Waals surface area contributed by atoms with Crippen LogP contribution < -0.4 is 0 Å². The molecule has 0 amide bonds. The summed E-state index contributed by atoms with van der Waals surface area (Å²) >= 11 is 5.64. The van der Waals surface area contributed by atoms with Crippen molar-refractivity contribution in [3.05, 3.63) is 0 Å². The summed E-state index contributed by atoms with van der Waals surface area (Å²) < 4.78 is 8.11. The summed E-state index contributed by atoms with van der Waals surface area (Å²) in [5.41, 5.74) is -0.304. The fourth-order valence-corrected chi connectivity index (χ4v) is 6.80. The van der Waals surface area contributed by atoms with Gasteiger partial charge in [0.1, 0.15) is 5.34 Å². The van der Waals surface area contributed by atoms with Crippen LogP contribution in [0.25, 0.3) is 0 Å². The summed E-state index contributed by atoms with van der Waals surface area (Å²) in [6.07, 6.45) is -1.66. The van der Waals surface area contributed by atoms with E-state index < -0.39 is 11.8 Å². The molecule has 1 saturated heterocycles. The normalized spacial score (nSPS) is 39.9. The van der Waals surface area contributed by atoms with Crippen LogP contribution in [-0.4, -0.2) is 33.8 Å². The molecule has 0 aliphatic carbocycles. The van der Waals surface area contributed by atoms with Gasteiger partial charge in [-0.3, -0.25) is 4.67 Å². The predicted octanol–water partition coefficient (Wildman–Crippen LogP) is 2.55. The summed E-state index contributed by atoms with van der Waals surface area (Å²) in [7, 11) is 0. The van der Waals surface area contributed by atoms with Crippen molar-refractivity contribution >= 4 is 18.2 Å². The quantitative estimate of drug-likeness (QED) is 0.781. The average Bonchev–Trinajstić information content (AvgIpc) is 2.18. The van der Waals surface area contributed by atoms with Crippen molar-refractivity contribution in [2.45, 2.75) is 52.0 Å². The second-order valence-electron chi connectivity index (χ2n) is 4.90. The van der Waals surface area contributed by atoms with Gasteiger partial charge in [-0.2, -0.15) is 0 Å². The van der Waals surface area contributed by atoms with Crippen molar-refractivity contribution in [2.24, 2.45) is 0 Å². The lowest BCUT2D eigenvalue weighted by atomic mass is 10.0. The van der Waals surface area contributed by atoms with Crippen LogP contribution in [0.15, 0.2) is 0 Å². The van der Waals surface area contributed by atoms with E-state index in [9.17, 15) is 5.11 Å². The van der Waals surface area contributed by atoms with Gasteiger partial charge in [0, 0.05) is 19.5 Å². The average molecular weight is 251 g/mol. The van der Waals surface area contributed by atoms with E-state index in [0.717, 1.165) is 13.1 Å². The van der Waals surface area contributed by atoms with Crippen molar-refractivity contribution in [2.75, 3.05) is 13.1 Å². The van der Waals surface area contributed by atoms with E-state index in [1.807, 2.05) is 20.8 Å². The largest absolute Gasteiger partial charge is 0.381 e. The summed E-state index contributed by atoms with van der Waals surface area (Å²) in [5.74, 6) is 0. The third kappa shape index (κ3) is 2.29. The summed E-state index contributed by atoms with van der Waals surface area (Å²) in [6, 6.07) is 0. The van der Waals surface area contributed by atoms with Crippen LogP contribution in [-0.2, 0) is 16.3 Å². The van der Waals surface area contributed by atoms with Gasteiger partial charge in [0.15, 0.2) is 6.42 Å². The lowest BCUT2D eigenvalue weighted by Crippen LogP contribution is -2.31. The highest BCUT2D eigenvalue weighted by Crippen LogP contribution is 2.70. The number of aliphatic hydroxyl groups is 1. The third-order valence-electron chi connectivity index (χ3n) is 2.84. The molecule has 2 atom stereocenters. The van der Waals surface area contributed by atoms with E-state index in [1.165, 1.54) is 0 Å². The molecule has 1 heterocycles. The fraction of sp³-hybridized carbons (Fsp3) is 1.00. The van der Waals surface area contributed by atoms with Gasteiger partial charge in [-0.1, -0.05) is 13.8 Å². The molecule has 90 valence electrons. The Labute approximate surface area is 97.9 Å². The second-order valence-corrected chi connectivity index (χ2v) is 9.14. The van der Waals surface area contributed by atoms with E-state index in [4.69, 9.17) is 16.3 Å². The van der Waals surface area contributed by atoms with Gasteiger partial charge in [-0.15, -0.1) is 0 Å². The van der Waals surface area contributed by atoms with Crippen LogP contribution in [0.2, 0.25) is 0 Å². The Morgan fingerprint density at radius 3 is 2.07 bits per heavy atom. The first kappa shape index (κ1) is 13.6. The maximum absolute atomic E-state index is 10.5. The van der Waals surface area contributed by atoms with Crippen LogP contribution in [0.5, 0.6) is 0 Å². The number of hydrogen-bond donors (Lipinski definition) is 1. The molecule has 0 aromatic heterocycles. The molecular weight excluding hydrogens is 229 g/mol. The summed E-state index contributed by atoms with van der Waals surface area (Å²) in [4.78, 5) is 0. The minimum absolute atomic E-state index is 0.304. The highest BCUT2D eigenvalue weighted by molar-refractivity contribution is 8.11. The molecule has 1 rings (SSSR count). The molecule has 0 aromatic rings. The van der Waals surface area contributed by atoms with Crippen LogP contribution in [0.3, 0.4) is 0 Å². The van der Waals surface area contributed by atoms with Crippen molar-refractivity contribution < 1.29 is 9.63 Å². The smallest absolute Gasteiger partial charge is 0.163 e. The maximum atomic E-state index is 10.5. The Kier molecular flexibility index (Phi) is 3.70. The van der Waals surface area contributed by atoms with Crippen molar-refractivity contribution in [1.29, 1.82) is 0 Å². The highest BCUT2D eigenvalue weighted by atomic mass is 32.4. The SMILES string of the molecule is CCN(CC)[P@@]1(=S)OC(C)(C)C[C@]1(C)O. The van der Waals surface area contributed by atoms with E-state index in [1.54, 1.807) is 0 Å². The first-order valence-electron chi connectivity index (χ1n) is 5.47. The molecule has 0 bridgehead atoms. The molecule has 1 fully saturated rings. The van der Waals surface area contributed by atoms with Crippen molar-refractivity contribution in [3.8, 4) is 0 Å². The predicted molar refractivity (Wildman–Crippen MR) is 67.6 cm³/mol. The highest BCUT2D eigenvalue weighted by Gasteiger charge is 2.55. The van der Waals surface area contributed by atoms with Gasteiger partial charge in [0.2, 0.25) is 0 Å². The van der Waals surface area contributed by atoms with Crippen LogP contribution >= 0.6 is 6.42 Å². The Morgan fingerprint density at radius 1 is 1.33 bits per heavy atom. The Hall–Kier alpha value is 0.530. The zero-order valence-electron chi connectivity index (χ0n) is 10.3. The molecule has 1 N–H and O–H groups in total. The van der Waals surface area contributed by atoms with Gasteiger partial charge in [0.25, 0.3) is 0 Å². The minimum atomic E-state index is -2.28. The lowest BCUT2D eigenvalue weighted by Gasteiger charge is -2.37. The van der Waals surface area contributed by atoms with Gasteiger partial charge < -0.3 is 9.63 Å². The number of nitrogens with zero attached hydrogens (tertiary/aromatic N) is 1. The molecule has 1 aliphatic rings. The zero-order chi connectivity index (χ0) is 11.9. The molecule has 0 radical (unpaired) electrons. The Balaban J connectivity index is 3.07. The molecule has 0 aromatic carbocycles. The zero-order valence-corrected chi connectivity index (χ0v) is 12.0. The fourth-order valence-electron chi connectivity index (χ4n) is 2.33. The second kappa shape index (κ2) is 4.08. The molecule has 0 saturated carbocycles. The molecular formula is C10H22NO2PS. The lowest BCUT2D eigenvalue weighted by molar-refractivity contribution is 0.0932.